The van der Waals surface area contributed by atoms with Gasteiger partial charge in [0.2, 0.25) is 0 Å². The Bertz CT molecular complexity index is 515. The van der Waals surface area contributed by atoms with Gasteiger partial charge in [-0.1, -0.05) is 12.1 Å². The van der Waals surface area contributed by atoms with Gasteiger partial charge in [-0.15, -0.1) is 0 Å². The van der Waals surface area contributed by atoms with Crippen molar-refractivity contribution in [1.82, 2.24) is 4.98 Å². The van der Waals surface area contributed by atoms with Gasteiger partial charge >= 0.3 is 0 Å². The molecule has 2 atom stereocenters. The molecule has 0 saturated carbocycles. The highest BCUT2D eigenvalue weighted by molar-refractivity contribution is 5.40. The van der Waals surface area contributed by atoms with Gasteiger partial charge in [-0.05, 0) is 36.8 Å². The second-order valence-corrected chi connectivity index (χ2v) is 4.33. The van der Waals surface area contributed by atoms with Gasteiger partial charge in [0.05, 0.1) is 7.11 Å². The van der Waals surface area contributed by atoms with Gasteiger partial charge in [0.1, 0.15) is 6.10 Å². The average molecular weight is 258 g/mol. The summed E-state index contributed by atoms with van der Waals surface area (Å²) in [6, 6.07) is 11.2. The summed E-state index contributed by atoms with van der Waals surface area (Å²) in [5.74, 6) is 1.38. The Kier molecular flexibility index (Phi) is 4.36. The minimum absolute atomic E-state index is 0.146. The standard InChI is InChI=1S/C15H18N2O2/c1-11(16)15(12-7-9-17-10-8-12)19-14-6-4-3-5-13(14)18-2/h3-11,15H,16H2,1-2H3. The fourth-order valence-electron chi connectivity index (χ4n) is 1.89. The average Bonchev–Trinajstić information content (AvgIpc) is 2.45. The summed E-state index contributed by atoms with van der Waals surface area (Å²) in [5, 5.41) is 0. The van der Waals surface area contributed by atoms with Crippen LogP contribution in [0, 0.1) is 0 Å². The predicted octanol–water partition coefficient (Wildman–Crippen LogP) is 2.56. The molecule has 4 heteroatoms. The van der Waals surface area contributed by atoms with E-state index < -0.39 is 0 Å². The summed E-state index contributed by atoms with van der Waals surface area (Å²) in [7, 11) is 1.62. The van der Waals surface area contributed by atoms with Gasteiger partial charge in [0.25, 0.3) is 0 Å². The molecule has 0 amide bonds. The maximum atomic E-state index is 6.02. The zero-order valence-electron chi connectivity index (χ0n) is 11.1. The van der Waals surface area contributed by atoms with Gasteiger partial charge in [0, 0.05) is 18.4 Å². The maximum Gasteiger partial charge on any atom is 0.162 e. The van der Waals surface area contributed by atoms with Crippen LogP contribution in [0.1, 0.15) is 18.6 Å². The van der Waals surface area contributed by atoms with Crippen molar-refractivity contribution in [1.29, 1.82) is 0 Å². The molecule has 2 unspecified atom stereocenters. The van der Waals surface area contributed by atoms with Crippen LogP contribution in [-0.2, 0) is 0 Å². The number of hydrogen-bond acceptors (Lipinski definition) is 4. The van der Waals surface area contributed by atoms with Gasteiger partial charge in [-0.2, -0.15) is 0 Å². The van der Waals surface area contributed by atoms with Crippen LogP contribution in [-0.4, -0.2) is 18.1 Å². The highest BCUT2D eigenvalue weighted by atomic mass is 16.5. The van der Waals surface area contributed by atoms with Gasteiger partial charge in [-0.3, -0.25) is 4.98 Å². The van der Waals surface area contributed by atoms with Crippen LogP contribution in [0.2, 0.25) is 0 Å². The van der Waals surface area contributed by atoms with Crippen LogP contribution in [0.4, 0.5) is 0 Å². The molecule has 0 radical (unpaired) electrons. The number of rotatable bonds is 5. The van der Waals surface area contributed by atoms with Crippen LogP contribution in [0.5, 0.6) is 11.5 Å². The van der Waals surface area contributed by atoms with Crippen molar-refractivity contribution in [2.24, 2.45) is 5.73 Å². The third-order valence-corrected chi connectivity index (χ3v) is 2.84. The number of pyridine rings is 1. The Morgan fingerprint density at radius 3 is 2.26 bits per heavy atom. The fraction of sp³-hybridized carbons (Fsp3) is 0.267. The van der Waals surface area contributed by atoms with E-state index in [1.54, 1.807) is 19.5 Å². The minimum Gasteiger partial charge on any atom is -0.493 e. The first-order valence-electron chi connectivity index (χ1n) is 6.17. The van der Waals surface area contributed by atoms with Crippen LogP contribution in [0.15, 0.2) is 48.8 Å². The highest BCUT2D eigenvalue weighted by Gasteiger charge is 2.19. The molecule has 19 heavy (non-hydrogen) atoms. The van der Waals surface area contributed by atoms with Crippen LogP contribution in [0.25, 0.3) is 0 Å². The van der Waals surface area contributed by atoms with Crippen molar-refractivity contribution in [3.63, 3.8) is 0 Å². The molecule has 0 bridgehead atoms. The Hall–Kier alpha value is -2.07. The van der Waals surface area contributed by atoms with E-state index in [0.717, 1.165) is 5.56 Å². The Balaban J connectivity index is 2.27. The second kappa shape index (κ2) is 6.20. The first-order chi connectivity index (χ1) is 9.22. The molecule has 1 aromatic carbocycles. The van der Waals surface area contributed by atoms with E-state index >= 15 is 0 Å². The molecule has 0 spiro atoms. The molecular formula is C15H18N2O2. The molecule has 4 nitrogen and oxygen atoms in total. The molecule has 100 valence electrons. The van der Waals surface area contributed by atoms with E-state index in [2.05, 4.69) is 4.98 Å². The van der Waals surface area contributed by atoms with E-state index in [0.29, 0.717) is 11.5 Å². The molecule has 0 saturated heterocycles. The van der Waals surface area contributed by atoms with Crippen molar-refractivity contribution < 1.29 is 9.47 Å². The molecule has 0 fully saturated rings. The Morgan fingerprint density at radius 2 is 1.68 bits per heavy atom. The molecule has 0 aliphatic carbocycles. The SMILES string of the molecule is COc1ccccc1OC(c1ccncc1)C(C)N. The molecule has 0 aliphatic heterocycles. The number of aromatic nitrogens is 1. The number of para-hydroxylation sites is 2. The van der Waals surface area contributed by atoms with Crippen molar-refractivity contribution in [3.05, 3.63) is 54.4 Å². The van der Waals surface area contributed by atoms with E-state index in [9.17, 15) is 0 Å². The van der Waals surface area contributed by atoms with Crippen LogP contribution in [0.3, 0.4) is 0 Å². The largest absolute Gasteiger partial charge is 0.493 e. The molecule has 2 aromatic rings. The number of nitrogens with zero attached hydrogens (tertiary/aromatic N) is 1. The third-order valence-electron chi connectivity index (χ3n) is 2.84. The monoisotopic (exact) mass is 258 g/mol. The number of benzene rings is 1. The van der Waals surface area contributed by atoms with Crippen molar-refractivity contribution in [2.75, 3.05) is 7.11 Å². The van der Waals surface area contributed by atoms with E-state index in [1.165, 1.54) is 0 Å². The molecule has 1 aromatic heterocycles. The van der Waals surface area contributed by atoms with E-state index in [4.69, 9.17) is 15.2 Å². The van der Waals surface area contributed by atoms with Crippen LogP contribution < -0.4 is 15.2 Å². The van der Waals surface area contributed by atoms with Gasteiger partial charge in [-0.25, -0.2) is 0 Å². The fourth-order valence-corrected chi connectivity index (χ4v) is 1.89. The number of methoxy groups -OCH3 is 1. The lowest BCUT2D eigenvalue weighted by molar-refractivity contribution is 0.173. The summed E-state index contributed by atoms with van der Waals surface area (Å²) >= 11 is 0. The minimum atomic E-state index is -0.237. The third kappa shape index (κ3) is 3.23. The number of hydrogen-bond donors (Lipinski definition) is 1. The Labute approximate surface area is 113 Å². The highest BCUT2D eigenvalue weighted by Crippen LogP contribution is 2.31. The van der Waals surface area contributed by atoms with Gasteiger partial charge < -0.3 is 15.2 Å². The zero-order chi connectivity index (χ0) is 13.7. The lowest BCUT2D eigenvalue weighted by Gasteiger charge is -2.23. The summed E-state index contributed by atoms with van der Waals surface area (Å²) in [4.78, 5) is 4.01. The molecule has 2 N–H and O–H groups in total. The van der Waals surface area contributed by atoms with E-state index in [1.807, 2.05) is 43.3 Å². The molecular weight excluding hydrogens is 240 g/mol. The van der Waals surface area contributed by atoms with E-state index in [-0.39, 0.29) is 12.1 Å². The Morgan fingerprint density at radius 1 is 1.05 bits per heavy atom. The first-order valence-corrected chi connectivity index (χ1v) is 6.17. The topological polar surface area (TPSA) is 57.4 Å². The first kappa shape index (κ1) is 13.4. The predicted molar refractivity (Wildman–Crippen MR) is 74.2 cm³/mol. The number of ether oxygens (including phenoxy) is 2. The lowest BCUT2D eigenvalue weighted by Crippen LogP contribution is -2.29. The van der Waals surface area contributed by atoms with Crippen LogP contribution >= 0.6 is 0 Å². The lowest BCUT2D eigenvalue weighted by atomic mass is 10.1. The summed E-state index contributed by atoms with van der Waals surface area (Å²) in [6.07, 6.45) is 3.23. The normalized spacial score (nSPS) is 13.6. The second-order valence-electron chi connectivity index (χ2n) is 4.33. The maximum absolute atomic E-state index is 6.02. The smallest absolute Gasteiger partial charge is 0.162 e. The summed E-state index contributed by atoms with van der Waals surface area (Å²) in [6.45, 7) is 1.92. The van der Waals surface area contributed by atoms with Gasteiger partial charge in [0.15, 0.2) is 11.5 Å². The molecule has 0 aliphatic rings. The summed E-state index contributed by atoms with van der Waals surface area (Å²) in [5.41, 5.74) is 7.02. The number of nitrogens with two attached hydrogens (primary N) is 1. The van der Waals surface area contributed by atoms with Crippen molar-refractivity contribution in [3.8, 4) is 11.5 Å². The van der Waals surface area contributed by atoms with Crippen molar-refractivity contribution in [2.45, 2.75) is 19.1 Å². The quantitative estimate of drug-likeness (QED) is 0.895. The summed E-state index contributed by atoms with van der Waals surface area (Å²) < 4.78 is 11.3. The van der Waals surface area contributed by atoms with Crippen molar-refractivity contribution >= 4 is 0 Å². The molecule has 1 heterocycles. The zero-order valence-corrected chi connectivity index (χ0v) is 11.1. The molecule has 2 rings (SSSR count).